The molecule has 0 radical (unpaired) electrons. The van der Waals surface area contributed by atoms with Gasteiger partial charge in [-0.15, -0.1) is 0 Å². The smallest absolute Gasteiger partial charge is 0.0216 e. The van der Waals surface area contributed by atoms with Crippen LogP contribution in [-0.2, 0) is 0 Å². The molecule has 1 aliphatic heterocycles. The summed E-state index contributed by atoms with van der Waals surface area (Å²) >= 11 is 0. The van der Waals surface area contributed by atoms with Crippen molar-refractivity contribution < 1.29 is 0 Å². The molecule has 1 saturated heterocycles. The fraction of sp³-hybridized carbons (Fsp3) is 1.00. The van der Waals surface area contributed by atoms with Crippen LogP contribution in [0.3, 0.4) is 0 Å². The molecule has 0 spiro atoms. The Labute approximate surface area is 88.8 Å². The number of rotatable bonds is 4. The number of hydrogen-bond donors (Lipinski definition) is 1. The fourth-order valence-corrected chi connectivity index (χ4v) is 2.39. The molecule has 84 valence electrons. The van der Waals surface area contributed by atoms with Crippen molar-refractivity contribution in [3.05, 3.63) is 0 Å². The molecule has 2 nitrogen and oxygen atoms in total. The molecule has 0 aromatic carbocycles. The van der Waals surface area contributed by atoms with E-state index in [2.05, 4.69) is 25.7 Å². The standard InChI is InChI=1S/C12H26N2/c1-4-5-12-6-8-14(9-7-12)11(3)10(2)13/h10-12H,4-9,13H2,1-3H3. The summed E-state index contributed by atoms with van der Waals surface area (Å²) in [5.74, 6) is 0.983. The third-order valence-electron chi connectivity index (χ3n) is 3.68. The lowest BCUT2D eigenvalue weighted by atomic mass is 9.91. The summed E-state index contributed by atoms with van der Waals surface area (Å²) in [5.41, 5.74) is 5.92. The Morgan fingerprint density at radius 1 is 1.29 bits per heavy atom. The predicted molar refractivity (Wildman–Crippen MR) is 62.3 cm³/mol. The first-order valence-corrected chi connectivity index (χ1v) is 6.14. The lowest BCUT2D eigenvalue weighted by molar-refractivity contribution is 0.125. The molecule has 2 N–H and O–H groups in total. The summed E-state index contributed by atoms with van der Waals surface area (Å²) in [7, 11) is 0. The van der Waals surface area contributed by atoms with Crippen LogP contribution in [-0.4, -0.2) is 30.1 Å². The van der Waals surface area contributed by atoms with E-state index in [9.17, 15) is 0 Å². The highest BCUT2D eigenvalue weighted by Gasteiger charge is 2.23. The van der Waals surface area contributed by atoms with E-state index in [1.165, 1.54) is 38.8 Å². The lowest BCUT2D eigenvalue weighted by Crippen LogP contribution is -2.47. The van der Waals surface area contributed by atoms with E-state index >= 15 is 0 Å². The highest BCUT2D eigenvalue weighted by molar-refractivity contribution is 4.80. The summed E-state index contributed by atoms with van der Waals surface area (Å²) in [5, 5.41) is 0. The number of nitrogens with two attached hydrogens (primary N) is 1. The zero-order chi connectivity index (χ0) is 10.6. The van der Waals surface area contributed by atoms with Crippen LogP contribution in [0.15, 0.2) is 0 Å². The minimum atomic E-state index is 0.303. The molecular weight excluding hydrogens is 172 g/mol. The zero-order valence-electron chi connectivity index (χ0n) is 10.00. The third kappa shape index (κ3) is 3.25. The van der Waals surface area contributed by atoms with Crippen molar-refractivity contribution >= 4 is 0 Å². The molecule has 0 bridgehead atoms. The Bertz CT molecular complexity index is 148. The second kappa shape index (κ2) is 5.72. The minimum Gasteiger partial charge on any atom is -0.327 e. The van der Waals surface area contributed by atoms with Gasteiger partial charge in [-0.2, -0.15) is 0 Å². The third-order valence-corrected chi connectivity index (χ3v) is 3.68. The molecule has 14 heavy (non-hydrogen) atoms. The first-order valence-electron chi connectivity index (χ1n) is 6.14. The Morgan fingerprint density at radius 3 is 2.29 bits per heavy atom. The zero-order valence-corrected chi connectivity index (χ0v) is 10.00. The summed E-state index contributed by atoms with van der Waals surface area (Å²) in [6.07, 6.45) is 5.52. The van der Waals surface area contributed by atoms with Crippen molar-refractivity contribution in [1.82, 2.24) is 4.90 Å². The Morgan fingerprint density at radius 2 is 1.86 bits per heavy atom. The van der Waals surface area contributed by atoms with E-state index < -0.39 is 0 Å². The van der Waals surface area contributed by atoms with Crippen LogP contribution in [0.1, 0.15) is 46.5 Å². The summed E-state index contributed by atoms with van der Waals surface area (Å²) in [4.78, 5) is 2.55. The van der Waals surface area contributed by atoms with Crippen LogP contribution < -0.4 is 5.73 Å². The van der Waals surface area contributed by atoms with Gasteiger partial charge in [0.25, 0.3) is 0 Å². The van der Waals surface area contributed by atoms with E-state index in [1.807, 2.05) is 0 Å². The molecule has 1 rings (SSSR count). The monoisotopic (exact) mass is 198 g/mol. The molecule has 1 heterocycles. The molecule has 0 aliphatic carbocycles. The normalized spacial score (nSPS) is 24.9. The van der Waals surface area contributed by atoms with Gasteiger partial charge in [0.05, 0.1) is 0 Å². The predicted octanol–water partition coefficient (Wildman–Crippen LogP) is 2.23. The van der Waals surface area contributed by atoms with Crippen LogP contribution in [0.25, 0.3) is 0 Å². The van der Waals surface area contributed by atoms with Gasteiger partial charge < -0.3 is 5.73 Å². The van der Waals surface area contributed by atoms with E-state index in [4.69, 9.17) is 5.73 Å². The molecule has 2 unspecified atom stereocenters. The lowest BCUT2D eigenvalue weighted by Gasteiger charge is -2.37. The van der Waals surface area contributed by atoms with Gasteiger partial charge in [-0.1, -0.05) is 19.8 Å². The van der Waals surface area contributed by atoms with E-state index in [0.29, 0.717) is 12.1 Å². The van der Waals surface area contributed by atoms with Gasteiger partial charge in [0.15, 0.2) is 0 Å². The van der Waals surface area contributed by atoms with Gasteiger partial charge in [-0.3, -0.25) is 4.90 Å². The Hall–Kier alpha value is -0.0800. The van der Waals surface area contributed by atoms with Crippen LogP contribution in [0, 0.1) is 5.92 Å². The molecule has 1 fully saturated rings. The van der Waals surface area contributed by atoms with Crippen molar-refractivity contribution in [2.45, 2.75) is 58.5 Å². The molecule has 0 aromatic rings. The highest BCUT2D eigenvalue weighted by Crippen LogP contribution is 2.23. The average molecular weight is 198 g/mol. The second-order valence-electron chi connectivity index (χ2n) is 4.87. The minimum absolute atomic E-state index is 0.303. The second-order valence-corrected chi connectivity index (χ2v) is 4.87. The van der Waals surface area contributed by atoms with Gasteiger partial charge in [0, 0.05) is 12.1 Å². The molecular formula is C12H26N2. The van der Waals surface area contributed by atoms with Crippen molar-refractivity contribution in [1.29, 1.82) is 0 Å². The molecule has 0 saturated carbocycles. The van der Waals surface area contributed by atoms with Crippen LogP contribution in [0.4, 0.5) is 0 Å². The number of hydrogen-bond acceptors (Lipinski definition) is 2. The van der Waals surface area contributed by atoms with Gasteiger partial charge in [-0.05, 0) is 45.7 Å². The summed E-state index contributed by atoms with van der Waals surface area (Å²) < 4.78 is 0. The summed E-state index contributed by atoms with van der Waals surface area (Å²) in [6.45, 7) is 9.17. The quantitative estimate of drug-likeness (QED) is 0.750. The largest absolute Gasteiger partial charge is 0.327 e. The van der Waals surface area contributed by atoms with Crippen LogP contribution in [0.2, 0.25) is 0 Å². The highest BCUT2D eigenvalue weighted by atomic mass is 15.2. The maximum absolute atomic E-state index is 5.92. The van der Waals surface area contributed by atoms with Crippen molar-refractivity contribution in [2.24, 2.45) is 11.7 Å². The van der Waals surface area contributed by atoms with Crippen molar-refractivity contribution in [3.8, 4) is 0 Å². The number of piperidine rings is 1. The van der Waals surface area contributed by atoms with E-state index in [1.54, 1.807) is 0 Å². The number of likely N-dealkylation sites (tertiary alicyclic amines) is 1. The fourth-order valence-electron chi connectivity index (χ4n) is 2.39. The van der Waals surface area contributed by atoms with Crippen molar-refractivity contribution in [3.63, 3.8) is 0 Å². The first kappa shape index (κ1) is 12.0. The Balaban J connectivity index is 2.28. The van der Waals surface area contributed by atoms with Gasteiger partial charge in [-0.25, -0.2) is 0 Å². The van der Waals surface area contributed by atoms with Crippen LogP contribution in [0.5, 0.6) is 0 Å². The molecule has 2 atom stereocenters. The van der Waals surface area contributed by atoms with Gasteiger partial charge in [0.1, 0.15) is 0 Å². The number of nitrogens with zero attached hydrogens (tertiary/aromatic N) is 1. The Kier molecular flexibility index (Phi) is 4.90. The average Bonchev–Trinajstić information content (AvgIpc) is 2.18. The van der Waals surface area contributed by atoms with E-state index in [-0.39, 0.29) is 0 Å². The first-order chi connectivity index (χ1) is 6.65. The maximum atomic E-state index is 5.92. The molecule has 0 amide bonds. The molecule has 2 heteroatoms. The maximum Gasteiger partial charge on any atom is 0.0216 e. The van der Waals surface area contributed by atoms with Crippen LogP contribution >= 0.6 is 0 Å². The topological polar surface area (TPSA) is 29.3 Å². The molecule has 0 aromatic heterocycles. The van der Waals surface area contributed by atoms with E-state index in [0.717, 1.165) is 5.92 Å². The van der Waals surface area contributed by atoms with Gasteiger partial charge in [0.2, 0.25) is 0 Å². The molecule has 1 aliphatic rings. The van der Waals surface area contributed by atoms with Crippen molar-refractivity contribution in [2.75, 3.05) is 13.1 Å². The SMILES string of the molecule is CCCC1CCN(C(C)C(C)N)CC1. The van der Waals surface area contributed by atoms with Gasteiger partial charge >= 0.3 is 0 Å². The summed E-state index contributed by atoms with van der Waals surface area (Å²) in [6, 6.07) is 0.857.